The molecule has 0 aromatic heterocycles. The summed E-state index contributed by atoms with van der Waals surface area (Å²) >= 11 is 1.85. The van der Waals surface area contributed by atoms with Gasteiger partial charge in [0.05, 0.1) is 0 Å². The Labute approximate surface area is 103 Å². The first-order chi connectivity index (χ1) is 8.16. The highest BCUT2D eigenvalue weighted by molar-refractivity contribution is 8.00. The van der Waals surface area contributed by atoms with Crippen molar-refractivity contribution in [1.82, 2.24) is 5.32 Å². The molecule has 0 aliphatic carbocycles. The van der Waals surface area contributed by atoms with E-state index in [-0.39, 0.29) is 18.0 Å². The van der Waals surface area contributed by atoms with Crippen LogP contribution >= 0.6 is 11.8 Å². The molecular weight excluding hydrogens is 244 g/mol. The normalized spacial score (nSPS) is 27.4. The Kier molecular flexibility index (Phi) is 3.88. The fourth-order valence-corrected chi connectivity index (χ4v) is 2.98. The highest BCUT2D eigenvalue weighted by Crippen LogP contribution is 2.25. The molecule has 2 atom stereocenters. The summed E-state index contributed by atoms with van der Waals surface area (Å²) in [6, 6.07) is 0. The van der Waals surface area contributed by atoms with Crippen molar-refractivity contribution in [2.45, 2.75) is 30.6 Å². The summed E-state index contributed by atoms with van der Waals surface area (Å²) < 4.78 is 0. The first-order valence-electron chi connectivity index (χ1n) is 5.52. The monoisotopic (exact) mass is 258 g/mol. The lowest BCUT2D eigenvalue weighted by Crippen LogP contribution is -2.38. The van der Waals surface area contributed by atoms with Gasteiger partial charge >= 0.3 is 5.97 Å². The lowest BCUT2D eigenvalue weighted by molar-refractivity contribution is -0.131. The van der Waals surface area contributed by atoms with Crippen molar-refractivity contribution < 1.29 is 19.5 Å². The first-order valence-corrected chi connectivity index (χ1v) is 6.57. The smallest absolute Gasteiger partial charge is 0.353 e. The van der Waals surface area contributed by atoms with Crippen molar-refractivity contribution in [2.75, 3.05) is 12.3 Å². The predicted molar refractivity (Wildman–Crippen MR) is 63.1 cm³/mol. The molecule has 6 nitrogen and oxygen atoms in total. The molecule has 17 heavy (non-hydrogen) atoms. The van der Waals surface area contributed by atoms with Gasteiger partial charge in [-0.15, -0.1) is 0 Å². The Bertz CT molecular complexity index is 352. The number of hydrogen-bond donors (Lipinski definition) is 2. The summed E-state index contributed by atoms with van der Waals surface area (Å²) in [5.41, 5.74) is -0.0969. The third-order valence-electron chi connectivity index (χ3n) is 2.74. The molecule has 2 aliphatic rings. The van der Waals surface area contributed by atoms with Gasteiger partial charge in [-0.05, 0) is 18.6 Å². The lowest BCUT2D eigenvalue weighted by Gasteiger charge is -2.12. The molecule has 2 unspecified atom stereocenters. The number of nitrogens with zero attached hydrogens (tertiary/aromatic N) is 1. The van der Waals surface area contributed by atoms with Crippen LogP contribution in [0, 0.1) is 0 Å². The molecule has 0 aromatic rings. The zero-order chi connectivity index (χ0) is 12.3. The van der Waals surface area contributed by atoms with Crippen molar-refractivity contribution >= 4 is 29.4 Å². The maximum Gasteiger partial charge on any atom is 0.353 e. The summed E-state index contributed by atoms with van der Waals surface area (Å²) in [4.78, 5) is 27.0. The minimum absolute atomic E-state index is 0.0407. The van der Waals surface area contributed by atoms with E-state index in [1.165, 1.54) is 6.42 Å². The van der Waals surface area contributed by atoms with Crippen LogP contribution in [-0.4, -0.2) is 46.3 Å². The highest BCUT2D eigenvalue weighted by atomic mass is 32.2. The standard InChI is InChI=1S/C10H14N2O4S/c13-9(11-5-6-2-1-3-17-6)8-4-7(10(14)15)12-16-8/h6,8H,1-5H2,(H,11,13)(H,14,15). The minimum atomic E-state index is -1.13. The van der Waals surface area contributed by atoms with E-state index in [2.05, 4.69) is 10.5 Å². The molecule has 2 N–H and O–H groups in total. The molecule has 0 aromatic carbocycles. The molecule has 0 radical (unpaired) electrons. The number of amides is 1. The number of aliphatic carboxylic acids is 1. The molecule has 2 heterocycles. The summed E-state index contributed by atoms with van der Waals surface area (Å²) in [5, 5.41) is 15.3. The number of nitrogens with one attached hydrogen (secondary N) is 1. The topological polar surface area (TPSA) is 88.0 Å². The number of carbonyl (C=O) groups is 2. The number of carboxylic acids is 1. The van der Waals surface area contributed by atoms with Gasteiger partial charge in [0.2, 0.25) is 6.10 Å². The van der Waals surface area contributed by atoms with E-state index in [4.69, 9.17) is 9.94 Å². The van der Waals surface area contributed by atoms with Gasteiger partial charge in [-0.25, -0.2) is 4.79 Å². The predicted octanol–water partition coefficient (Wildman–Crippen LogP) is 0.228. The van der Waals surface area contributed by atoms with Crippen molar-refractivity contribution in [2.24, 2.45) is 5.16 Å². The van der Waals surface area contributed by atoms with Crippen molar-refractivity contribution in [3.05, 3.63) is 0 Å². The molecule has 0 saturated carbocycles. The van der Waals surface area contributed by atoms with E-state index in [0.29, 0.717) is 11.8 Å². The average Bonchev–Trinajstić information content (AvgIpc) is 2.96. The fraction of sp³-hybridized carbons (Fsp3) is 0.700. The van der Waals surface area contributed by atoms with Crippen LogP contribution < -0.4 is 5.32 Å². The molecule has 1 saturated heterocycles. The summed E-state index contributed by atoms with van der Waals surface area (Å²) in [5.74, 6) is -0.267. The highest BCUT2D eigenvalue weighted by Gasteiger charge is 2.31. The van der Waals surface area contributed by atoms with Crippen LogP contribution in [0.5, 0.6) is 0 Å². The Morgan fingerprint density at radius 1 is 1.59 bits per heavy atom. The van der Waals surface area contributed by atoms with Crippen LogP contribution in [0.15, 0.2) is 5.16 Å². The van der Waals surface area contributed by atoms with E-state index in [0.717, 1.165) is 12.2 Å². The number of rotatable bonds is 4. The zero-order valence-corrected chi connectivity index (χ0v) is 10.0. The van der Waals surface area contributed by atoms with Crippen LogP contribution in [0.25, 0.3) is 0 Å². The second kappa shape index (κ2) is 5.39. The Balaban J connectivity index is 1.72. The molecule has 7 heteroatoms. The Hall–Kier alpha value is -1.24. The number of thioether (sulfide) groups is 1. The van der Waals surface area contributed by atoms with Gasteiger partial charge in [-0.1, -0.05) is 5.16 Å². The van der Waals surface area contributed by atoms with Gasteiger partial charge in [-0.2, -0.15) is 11.8 Å². The number of hydrogen-bond acceptors (Lipinski definition) is 5. The van der Waals surface area contributed by atoms with Crippen molar-refractivity contribution in [3.8, 4) is 0 Å². The number of carboxylic acid groups (broad SMARTS) is 1. The zero-order valence-electron chi connectivity index (χ0n) is 9.22. The Morgan fingerprint density at radius 3 is 3.00 bits per heavy atom. The summed E-state index contributed by atoms with van der Waals surface area (Å²) in [7, 11) is 0. The van der Waals surface area contributed by atoms with Gasteiger partial charge in [0, 0.05) is 18.2 Å². The van der Waals surface area contributed by atoms with E-state index >= 15 is 0 Å². The fourth-order valence-electron chi connectivity index (χ4n) is 1.78. The third-order valence-corrected chi connectivity index (χ3v) is 4.13. The number of oxime groups is 1. The molecule has 94 valence electrons. The van der Waals surface area contributed by atoms with E-state index in [1.54, 1.807) is 0 Å². The van der Waals surface area contributed by atoms with Gasteiger partial charge < -0.3 is 15.3 Å². The minimum Gasteiger partial charge on any atom is -0.477 e. The molecule has 1 fully saturated rings. The summed E-state index contributed by atoms with van der Waals surface area (Å²) in [6.07, 6.45) is 1.57. The maximum absolute atomic E-state index is 11.7. The molecular formula is C10H14N2O4S. The van der Waals surface area contributed by atoms with Crippen LogP contribution in [-0.2, 0) is 14.4 Å². The van der Waals surface area contributed by atoms with E-state index in [1.807, 2.05) is 11.8 Å². The second-order valence-electron chi connectivity index (χ2n) is 4.02. The van der Waals surface area contributed by atoms with Gasteiger partial charge in [0.1, 0.15) is 0 Å². The quantitative estimate of drug-likeness (QED) is 0.753. The maximum atomic E-state index is 11.7. The third kappa shape index (κ3) is 3.12. The van der Waals surface area contributed by atoms with Crippen LogP contribution in [0.2, 0.25) is 0 Å². The molecule has 2 aliphatic heterocycles. The molecule has 0 bridgehead atoms. The van der Waals surface area contributed by atoms with Crippen molar-refractivity contribution in [3.63, 3.8) is 0 Å². The molecule has 1 amide bonds. The van der Waals surface area contributed by atoms with Crippen LogP contribution in [0.3, 0.4) is 0 Å². The Morgan fingerprint density at radius 2 is 2.41 bits per heavy atom. The van der Waals surface area contributed by atoms with E-state index in [9.17, 15) is 9.59 Å². The van der Waals surface area contributed by atoms with E-state index < -0.39 is 12.1 Å². The lowest BCUT2D eigenvalue weighted by atomic mass is 10.1. The van der Waals surface area contributed by atoms with Gasteiger partial charge in [-0.3, -0.25) is 4.79 Å². The number of carbonyl (C=O) groups excluding carboxylic acids is 1. The van der Waals surface area contributed by atoms with Gasteiger partial charge in [0.25, 0.3) is 5.91 Å². The summed E-state index contributed by atoms with van der Waals surface area (Å²) in [6.45, 7) is 0.617. The van der Waals surface area contributed by atoms with Gasteiger partial charge in [0.15, 0.2) is 5.71 Å². The largest absolute Gasteiger partial charge is 0.477 e. The molecule has 2 rings (SSSR count). The second-order valence-corrected chi connectivity index (χ2v) is 5.43. The van der Waals surface area contributed by atoms with Crippen molar-refractivity contribution in [1.29, 1.82) is 0 Å². The average molecular weight is 258 g/mol. The first kappa shape index (κ1) is 12.2. The van der Waals surface area contributed by atoms with Crippen LogP contribution in [0.1, 0.15) is 19.3 Å². The van der Waals surface area contributed by atoms with Crippen LogP contribution in [0.4, 0.5) is 0 Å². The SMILES string of the molecule is O=C(O)C1=NOC(C(=O)NCC2CCCS2)C1. The molecule has 0 spiro atoms.